The Hall–Kier alpha value is -3.35. The first-order chi connectivity index (χ1) is 12.8. The third-order valence-corrected chi connectivity index (χ3v) is 4.06. The Morgan fingerprint density at radius 1 is 1.00 bits per heavy atom. The maximum absolute atomic E-state index is 12.3. The second kappa shape index (κ2) is 7.49. The smallest absolute Gasteiger partial charge is 0.267 e. The minimum atomic E-state index is -0.410. The molecule has 3 aromatic rings. The number of nitrogens with one attached hydrogen (secondary N) is 1. The molecule has 3 rings (SSSR count). The summed E-state index contributed by atoms with van der Waals surface area (Å²) in [4.78, 5) is 32.8. The van der Waals surface area contributed by atoms with Crippen molar-refractivity contribution in [2.45, 2.75) is 34.2 Å². The summed E-state index contributed by atoms with van der Waals surface area (Å²) in [5.74, 6) is -0.191. The molecule has 0 radical (unpaired) electrons. The molecule has 2 heterocycles. The molecule has 1 N–H and O–H groups in total. The van der Waals surface area contributed by atoms with E-state index in [1.165, 1.54) is 6.07 Å². The Balaban J connectivity index is 1.85. The van der Waals surface area contributed by atoms with Crippen molar-refractivity contribution in [1.29, 1.82) is 0 Å². The minimum absolute atomic E-state index is 0.214. The van der Waals surface area contributed by atoms with Crippen LogP contribution in [0.4, 0.5) is 5.95 Å². The topological polar surface area (TPSA) is 89.8 Å². The van der Waals surface area contributed by atoms with Crippen LogP contribution in [0.25, 0.3) is 11.3 Å². The molecule has 0 unspecified atom stereocenters. The second-order valence-corrected chi connectivity index (χ2v) is 6.56. The molecule has 2 aromatic heterocycles. The van der Waals surface area contributed by atoms with Crippen LogP contribution in [0.5, 0.6) is 0 Å². The van der Waals surface area contributed by atoms with Crippen LogP contribution in [0.2, 0.25) is 0 Å². The minimum Gasteiger partial charge on any atom is -0.293 e. The Bertz CT molecular complexity index is 1050. The van der Waals surface area contributed by atoms with Crippen molar-refractivity contribution in [2.24, 2.45) is 0 Å². The van der Waals surface area contributed by atoms with Crippen LogP contribution in [0.1, 0.15) is 22.5 Å². The molecule has 0 aliphatic heterocycles. The van der Waals surface area contributed by atoms with Gasteiger partial charge >= 0.3 is 0 Å². The molecule has 7 heteroatoms. The lowest BCUT2D eigenvalue weighted by Gasteiger charge is -2.10. The van der Waals surface area contributed by atoms with Crippen LogP contribution < -0.4 is 10.9 Å². The third-order valence-electron chi connectivity index (χ3n) is 4.06. The first-order valence-electron chi connectivity index (χ1n) is 8.60. The summed E-state index contributed by atoms with van der Waals surface area (Å²) in [5, 5.41) is 6.98. The highest BCUT2D eigenvalue weighted by atomic mass is 16.2. The fourth-order valence-corrected chi connectivity index (χ4v) is 2.80. The molecule has 1 aromatic carbocycles. The average Bonchev–Trinajstić information content (AvgIpc) is 2.58. The number of carbonyl (C=O) groups excluding carboxylic acids is 1. The van der Waals surface area contributed by atoms with Crippen molar-refractivity contribution >= 4 is 11.9 Å². The van der Waals surface area contributed by atoms with Crippen LogP contribution in [-0.2, 0) is 11.3 Å². The van der Waals surface area contributed by atoms with Crippen LogP contribution in [0.3, 0.4) is 0 Å². The van der Waals surface area contributed by atoms with E-state index in [1.54, 1.807) is 6.07 Å². The molecule has 27 heavy (non-hydrogen) atoms. The van der Waals surface area contributed by atoms with Gasteiger partial charge in [-0.1, -0.05) is 17.7 Å². The monoisotopic (exact) mass is 363 g/mol. The fourth-order valence-electron chi connectivity index (χ4n) is 2.80. The maximum atomic E-state index is 12.3. The average molecular weight is 363 g/mol. The summed E-state index contributed by atoms with van der Waals surface area (Å²) in [6.07, 6.45) is 0. The van der Waals surface area contributed by atoms with Crippen LogP contribution in [0.15, 0.2) is 41.2 Å². The number of amides is 1. The molecule has 0 saturated carbocycles. The van der Waals surface area contributed by atoms with Crippen LogP contribution in [-0.4, -0.2) is 25.7 Å². The first kappa shape index (κ1) is 18.4. The summed E-state index contributed by atoms with van der Waals surface area (Å²) >= 11 is 0. The largest absolute Gasteiger partial charge is 0.293 e. The zero-order valence-electron chi connectivity index (χ0n) is 15.8. The zero-order chi connectivity index (χ0) is 19.6. The molecule has 0 bridgehead atoms. The number of aromatic nitrogens is 4. The molecule has 0 saturated heterocycles. The van der Waals surface area contributed by atoms with Crippen molar-refractivity contribution < 1.29 is 4.79 Å². The highest BCUT2D eigenvalue weighted by Gasteiger charge is 2.11. The van der Waals surface area contributed by atoms with Crippen LogP contribution in [0, 0.1) is 27.7 Å². The van der Waals surface area contributed by atoms with E-state index in [0.29, 0.717) is 5.69 Å². The molecular weight excluding hydrogens is 342 g/mol. The standard InChI is InChI=1S/C20H21N5O2/c1-12-5-6-13(2)16(9-12)17-7-8-19(27)25(24-17)11-18(26)23-20-21-14(3)10-15(4)22-20/h5-10H,11H2,1-4H3,(H,21,22,23,26). The summed E-state index contributed by atoms with van der Waals surface area (Å²) in [5.41, 5.74) is 4.88. The number of rotatable bonds is 4. The Kier molecular flexibility index (Phi) is 5.12. The number of benzene rings is 1. The van der Waals surface area contributed by atoms with E-state index < -0.39 is 5.91 Å². The number of aryl methyl sites for hydroxylation is 4. The molecule has 138 valence electrons. The van der Waals surface area contributed by atoms with E-state index in [-0.39, 0.29) is 18.1 Å². The van der Waals surface area contributed by atoms with Gasteiger partial charge in [0.15, 0.2) is 0 Å². The van der Waals surface area contributed by atoms with Crippen molar-refractivity contribution in [3.8, 4) is 11.3 Å². The predicted octanol–water partition coefficient (Wildman–Crippen LogP) is 2.57. The van der Waals surface area contributed by atoms with Gasteiger partial charge in [0, 0.05) is 23.0 Å². The molecule has 0 spiro atoms. The van der Waals surface area contributed by atoms with E-state index in [9.17, 15) is 9.59 Å². The lowest BCUT2D eigenvalue weighted by Crippen LogP contribution is -2.29. The van der Waals surface area contributed by atoms with Gasteiger partial charge < -0.3 is 0 Å². The summed E-state index contributed by atoms with van der Waals surface area (Å²) < 4.78 is 1.15. The Morgan fingerprint density at radius 2 is 1.70 bits per heavy atom. The van der Waals surface area contributed by atoms with Gasteiger partial charge in [0.2, 0.25) is 11.9 Å². The summed E-state index contributed by atoms with van der Waals surface area (Å²) in [6.45, 7) is 7.41. The Morgan fingerprint density at radius 3 is 2.41 bits per heavy atom. The molecule has 1 amide bonds. The van der Waals surface area contributed by atoms with Gasteiger partial charge in [-0.2, -0.15) is 5.10 Å². The molecule has 7 nitrogen and oxygen atoms in total. The number of carbonyl (C=O) groups is 1. The SMILES string of the molecule is Cc1ccc(C)c(-c2ccc(=O)n(CC(=O)Nc3nc(C)cc(C)n3)n2)c1. The van der Waals surface area contributed by atoms with E-state index >= 15 is 0 Å². The van der Waals surface area contributed by atoms with E-state index in [0.717, 1.165) is 32.8 Å². The fraction of sp³-hybridized carbons (Fsp3) is 0.250. The zero-order valence-corrected chi connectivity index (χ0v) is 15.8. The number of hydrogen-bond donors (Lipinski definition) is 1. The van der Waals surface area contributed by atoms with Gasteiger partial charge in [0.05, 0.1) is 5.69 Å². The number of hydrogen-bond acceptors (Lipinski definition) is 5. The second-order valence-electron chi connectivity index (χ2n) is 6.56. The highest BCUT2D eigenvalue weighted by Crippen LogP contribution is 2.21. The van der Waals surface area contributed by atoms with Crippen LogP contribution >= 0.6 is 0 Å². The third kappa shape index (κ3) is 4.44. The van der Waals surface area contributed by atoms with Gasteiger partial charge in [-0.25, -0.2) is 14.6 Å². The molecular formula is C20H21N5O2. The normalized spacial score (nSPS) is 10.7. The molecule has 0 fully saturated rings. The van der Waals surface area contributed by atoms with Gasteiger partial charge in [-0.3, -0.25) is 14.9 Å². The van der Waals surface area contributed by atoms with Gasteiger partial charge in [-0.05, 0) is 51.5 Å². The number of nitrogens with zero attached hydrogens (tertiary/aromatic N) is 4. The van der Waals surface area contributed by atoms with Crippen molar-refractivity contribution in [1.82, 2.24) is 19.7 Å². The van der Waals surface area contributed by atoms with Gasteiger partial charge in [0.25, 0.3) is 5.56 Å². The molecule has 0 aliphatic rings. The van der Waals surface area contributed by atoms with E-state index in [1.807, 2.05) is 52.0 Å². The van der Waals surface area contributed by atoms with Crippen molar-refractivity contribution in [2.75, 3.05) is 5.32 Å². The van der Waals surface area contributed by atoms with Gasteiger partial charge in [-0.15, -0.1) is 0 Å². The highest BCUT2D eigenvalue weighted by molar-refractivity contribution is 5.88. The van der Waals surface area contributed by atoms with Crippen molar-refractivity contribution in [3.63, 3.8) is 0 Å². The first-order valence-corrected chi connectivity index (χ1v) is 8.60. The number of anilines is 1. The van der Waals surface area contributed by atoms with E-state index in [2.05, 4.69) is 20.4 Å². The van der Waals surface area contributed by atoms with E-state index in [4.69, 9.17) is 0 Å². The maximum Gasteiger partial charge on any atom is 0.267 e. The lowest BCUT2D eigenvalue weighted by atomic mass is 10.0. The van der Waals surface area contributed by atoms with Gasteiger partial charge in [0.1, 0.15) is 6.54 Å². The summed E-state index contributed by atoms with van der Waals surface area (Å²) in [7, 11) is 0. The Labute approximate surface area is 157 Å². The quantitative estimate of drug-likeness (QED) is 0.769. The summed E-state index contributed by atoms with van der Waals surface area (Å²) in [6, 6.07) is 10.9. The predicted molar refractivity (Wildman–Crippen MR) is 104 cm³/mol. The molecule has 0 aliphatic carbocycles. The molecule has 0 atom stereocenters. The lowest BCUT2D eigenvalue weighted by molar-refractivity contribution is -0.117. The van der Waals surface area contributed by atoms with Crippen molar-refractivity contribution in [3.05, 3.63) is 69.3 Å².